The summed E-state index contributed by atoms with van der Waals surface area (Å²) in [4.78, 5) is 53.3. The Labute approximate surface area is 191 Å². The largest absolute Gasteiger partial charge is 0.481 e. The predicted octanol–water partition coefficient (Wildman–Crippen LogP) is 1.08. The van der Waals surface area contributed by atoms with Gasteiger partial charge in [0.1, 0.15) is 18.0 Å². The molecule has 11 heteroatoms. The topological polar surface area (TPSA) is 114 Å². The van der Waals surface area contributed by atoms with Crippen molar-refractivity contribution in [2.45, 2.75) is 45.4 Å². The second-order valence-electron chi connectivity index (χ2n) is 8.81. The van der Waals surface area contributed by atoms with Crippen molar-refractivity contribution in [1.29, 1.82) is 0 Å². The van der Waals surface area contributed by atoms with Gasteiger partial charge < -0.3 is 20.2 Å². The zero-order valence-corrected chi connectivity index (χ0v) is 19.0. The van der Waals surface area contributed by atoms with Crippen LogP contribution in [0.1, 0.15) is 32.3 Å². The fourth-order valence-electron chi connectivity index (χ4n) is 4.15. The Morgan fingerprint density at radius 1 is 1.21 bits per heavy atom. The Bertz CT molecular complexity index is 909. The fourth-order valence-corrected chi connectivity index (χ4v) is 4.15. The van der Waals surface area contributed by atoms with Gasteiger partial charge >= 0.3 is 12.0 Å². The van der Waals surface area contributed by atoms with E-state index in [2.05, 4.69) is 5.32 Å². The standard InChI is InChI=1S/C22H30FN5O5/c1-14(2)8-9-26-12-18-27(17(21(26)32)10-20(30)31)19(29)13-25(3)28(18)22(33)24-11-15-4-6-16(23)7-5-15/h4-7,14,17-18H,8-13H2,1-3H3,(H,24,33)(H,30,31)/t17-,18-/m0/s1. The highest BCUT2D eigenvalue weighted by molar-refractivity contribution is 5.93. The molecule has 2 atom stereocenters. The molecule has 0 saturated carbocycles. The molecule has 0 radical (unpaired) electrons. The number of urea groups is 1. The number of carboxylic acid groups (broad SMARTS) is 1. The predicted molar refractivity (Wildman–Crippen MR) is 116 cm³/mol. The quantitative estimate of drug-likeness (QED) is 0.626. The summed E-state index contributed by atoms with van der Waals surface area (Å²) >= 11 is 0. The zero-order valence-electron chi connectivity index (χ0n) is 19.0. The Kier molecular flexibility index (Phi) is 7.52. The molecule has 33 heavy (non-hydrogen) atoms. The van der Waals surface area contributed by atoms with E-state index in [9.17, 15) is 28.7 Å². The number of benzene rings is 1. The number of carbonyl (C=O) groups is 4. The minimum atomic E-state index is -1.20. The summed E-state index contributed by atoms with van der Waals surface area (Å²) in [6.07, 6.45) is -0.661. The van der Waals surface area contributed by atoms with E-state index in [-0.39, 0.29) is 25.5 Å². The smallest absolute Gasteiger partial charge is 0.334 e. The number of rotatable bonds is 7. The molecule has 2 aliphatic heterocycles. The van der Waals surface area contributed by atoms with E-state index < -0.39 is 42.4 Å². The monoisotopic (exact) mass is 463 g/mol. The van der Waals surface area contributed by atoms with Crippen LogP contribution in [0.5, 0.6) is 0 Å². The van der Waals surface area contributed by atoms with Gasteiger partial charge in [0.15, 0.2) is 0 Å². The first-order valence-corrected chi connectivity index (χ1v) is 10.9. The number of aliphatic carboxylic acids is 1. The number of nitrogens with zero attached hydrogens (tertiary/aromatic N) is 4. The first kappa shape index (κ1) is 24.4. The van der Waals surface area contributed by atoms with E-state index in [1.807, 2.05) is 13.8 Å². The summed E-state index contributed by atoms with van der Waals surface area (Å²) in [5, 5.41) is 15.0. The van der Waals surface area contributed by atoms with Crippen molar-refractivity contribution in [3.63, 3.8) is 0 Å². The SMILES string of the molecule is CC(C)CCN1C[C@H]2N(C(=O)CN(C)N2C(=O)NCc2ccc(F)cc2)[C@@H](CC(=O)O)C1=O. The third-order valence-corrected chi connectivity index (χ3v) is 5.85. The number of halogens is 1. The van der Waals surface area contributed by atoms with Crippen molar-refractivity contribution in [3.8, 4) is 0 Å². The van der Waals surface area contributed by atoms with Gasteiger partial charge in [-0.2, -0.15) is 0 Å². The molecule has 1 aromatic rings. The van der Waals surface area contributed by atoms with Crippen LogP contribution in [0.2, 0.25) is 0 Å². The van der Waals surface area contributed by atoms with E-state index >= 15 is 0 Å². The minimum Gasteiger partial charge on any atom is -0.481 e. The van der Waals surface area contributed by atoms with Gasteiger partial charge in [0.05, 0.1) is 19.5 Å². The number of fused-ring (bicyclic) bond motifs is 1. The number of hydrogen-bond donors (Lipinski definition) is 2. The molecule has 0 aliphatic carbocycles. The molecule has 4 amide bonds. The van der Waals surface area contributed by atoms with Crippen molar-refractivity contribution in [2.24, 2.45) is 5.92 Å². The number of carboxylic acids is 1. The van der Waals surface area contributed by atoms with Gasteiger partial charge in [-0.05, 0) is 30.0 Å². The summed E-state index contributed by atoms with van der Waals surface area (Å²) in [7, 11) is 1.59. The van der Waals surface area contributed by atoms with Crippen molar-refractivity contribution < 1.29 is 28.7 Å². The maximum Gasteiger partial charge on any atom is 0.334 e. The van der Waals surface area contributed by atoms with Crippen molar-refractivity contribution in [3.05, 3.63) is 35.6 Å². The highest BCUT2D eigenvalue weighted by Gasteiger charge is 2.51. The Morgan fingerprint density at radius 2 is 1.88 bits per heavy atom. The van der Waals surface area contributed by atoms with Crippen LogP contribution in [0.15, 0.2) is 24.3 Å². The summed E-state index contributed by atoms with van der Waals surface area (Å²) < 4.78 is 13.1. The highest BCUT2D eigenvalue weighted by Crippen LogP contribution is 2.27. The third-order valence-electron chi connectivity index (χ3n) is 5.85. The van der Waals surface area contributed by atoms with Crippen LogP contribution in [0.4, 0.5) is 9.18 Å². The van der Waals surface area contributed by atoms with E-state index in [0.717, 1.165) is 0 Å². The van der Waals surface area contributed by atoms with E-state index in [0.29, 0.717) is 24.4 Å². The lowest BCUT2D eigenvalue weighted by molar-refractivity contribution is -0.188. The zero-order chi connectivity index (χ0) is 24.3. The molecule has 3 rings (SSSR count). The average molecular weight is 464 g/mol. The summed E-state index contributed by atoms with van der Waals surface area (Å²) in [6.45, 7) is 4.49. The lowest BCUT2D eigenvalue weighted by Gasteiger charge is -2.54. The van der Waals surface area contributed by atoms with Gasteiger partial charge in [-0.1, -0.05) is 26.0 Å². The van der Waals surface area contributed by atoms with Crippen molar-refractivity contribution >= 4 is 23.8 Å². The molecule has 180 valence electrons. The van der Waals surface area contributed by atoms with Crippen molar-refractivity contribution in [2.75, 3.05) is 26.7 Å². The van der Waals surface area contributed by atoms with Crippen LogP contribution < -0.4 is 5.32 Å². The van der Waals surface area contributed by atoms with E-state index in [4.69, 9.17) is 0 Å². The van der Waals surface area contributed by atoms with Crippen LogP contribution in [-0.2, 0) is 20.9 Å². The van der Waals surface area contributed by atoms with Crippen molar-refractivity contribution in [1.82, 2.24) is 25.1 Å². The summed E-state index contributed by atoms with van der Waals surface area (Å²) in [5.74, 6) is -2.09. The van der Waals surface area contributed by atoms with E-state index in [1.165, 1.54) is 27.1 Å². The average Bonchev–Trinajstić information content (AvgIpc) is 2.73. The van der Waals surface area contributed by atoms with Gasteiger partial charge in [-0.15, -0.1) is 0 Å². The Morgan fingerprint density at radius 3 is 2.48 bits per heavy atom. The fraction of sp³-hybridized carbons (Fsp3) is 0.545. The first-order valence-electron chi connectivity index (χ1n) is 10.9. The number of piperazine rings is 1. The summed E-state index contributed by atoms with van der Waals surface area (Å²) in [6, 6.07) is 4.02. The van der Waals surface area contributed by atoms with Gasteiger partial charge in [0.25, 0.3) is 0 Å². The molecule has 2 fully saturated rings. The number of amides is 4. The minimum absolute atomic E-state index is 0.0850. The van der Waals surface area contributed by atoms with Gasteiger partial charge in [-0.25, -0.2) is 19.2 Å². The van der Waals surface area contributed by atoms with Gasteiger partial charge in [0, 0.05) is 20.1 Å². The first-order chi connectivity index (χ1) is 15.6. The van der Waals surface area contributed by atoms with Crippen LogP contribution >= 0.6 is 0 Å². The molecule has 2 saturated heterocycles. The van der Waals surface area contributed by atoms with Gasteiger partial charge in [0.2, 0.25) is 11.8 Å². The number of hydrogen-bond acceptors (Lipinski definition) is 5. The normalized spacial score (nSPS) is 21.4. The van der Waals surface area contributed by atoms with Crippen LogP contribution in [-0.4, -0.2) is 87.6 Å². The number of hydrazine groups is 1. The van der Waals surface area contributed by atoms with E-state index in [1.54, 1.807) is 24.1 Å². The third kappa shape index (κ3) is 5.59. The second kappa shape index (κ2) is 10.2. The number of likely N-dealkylation sites (N-methyl/N-ethyl adjacent to an activating group) is 1. The molecule has 2 N–H and O–H groups in total. The molecule has 0 unspecified atom stereocenters. The number of carbonyl (C=O) groups excluding carboxylic acids is 3. The molecule has 1 aromatic carbocycles. The van der Waals surface area contributed by atoms with Crippen LogP contribution in [0.3, 0.4) is 0 Å². The molecular weight excluding hydrogens is 433 g/mol. The summed E-state index contributed by atoms with van der Waals surface area (Å²) in [5.41, 5.74) is 0.693. The molecular formula is C22H30FN5O5. The molecule has 0 aromatic heterocycles. The maximum atomic E-state index is 13.1. The molecule has 2 aliphatic rings. The second-order valence-corrected chi connectivity index (χ2v) is 8.81. The number of nitrogens with one attached hydrogen (secondary N) is 1. The molecule has 2 heterocycles. The highest BCUT2D eigenvalue weighted by atomic mass is 19.1. The molecule has 0 bridgehead atoms. The Hall–Kier alpha value is -3.21. The van der Waals surface area contributed by atoms with Gasteiger partial charge in [-0.3, -0.25) is 14.4 Å². The lowest BCUT2D eigenvalue weighted by atomic mass is 10.0. The Balaban J connectivity index is 1.84. The molecule has 10 nitrogen and oxygen atoms in total. The van der Waals surface area contributed by atoms with Crippen LogP contribution in [0.25, 0.3) is 0 Å². The maximum absolute atomic E-state index is 13.1. The molecule has 0 spiro atoms. The lowest BCUT2D eigenvalue weighted by Crippen LogP contribution is -2.76. The van der Waals surface area contributed by atoms with Crippen LogP contribution in [0, 0.1) is 11.7 Å².